The van der Waals surface area contributed by atoms with Crippen LogP contribution in [0.1, 0.15) is 17.5 Å². The Balaban J connectivity index is 0.00000182. The van der Waals surface area contributed by atoms with Crippen molar-refractivity contribution in [3.8, 4) is 11.5 Å². The molecule has 0 saturated carbocycles. The van der Waals surface area contributed by atoms with E-state index in [1.165, 1.54) is 17.5 Å². The number of hydrogen-bond acceptors (Lipinski definition) is 4. The number of nitrogens with one attached hydrogen (secondary N) is 1. The van der Waals surface area contributed by atoms with Crippen molar-refractivity contribution in [3.63, 3.8) is 0 Å². The lowest BCUT2D eigenvalue weighted by Gasteiger charge is -2.17. The molecule has 0 aromatic heterocycles. The number of nitrogens with zero attached hydrogens (tertiary/aromatic N) is 1. The van der Waals surface area contributed by atoms with Crippen molar-refractivity contribution in [1.29, 1.82) is 0 Å². The fourth-order valence-corrected chi connectivity index (χ4v) is 3.97. The lowest BCUT2D eigenvalue weighted by molar-refractivity contribution is 0.173. The Labute approximate surface area is 163 Å². The molecule has 2 heterocycles. The first-order valence-electron chi connectivity index (χ1n) is 8.35. The van der Waals surface area contributed by atoms with E-state index in [1.54, 1.807) is 0 Å². The average Bonchev–Trinajstić information content (AvgIpc) is 3.23. The molecule has 2 aromatic rings. The van der Waals surface area contributed by atoms with Gasteiger partial charge < -0.3 is 14.8 Å². The van der Waals surface area contributed by atoms with E-state index in [4.69, 9.17) is 9.47 Å². The highest BCUT2D eigenvalue weighted by atomic mass is 79.9. The summed E-state index contributed by atoms with van der Waals surface area (Å²) in [6.07, 6.45) is 1.19. The molecule has 1 atom stereocenters. The minimum Gasteiger partial charge on any atom is -0.454 e. The highest BCUT2D eigenvalue weighted by Crippen LogP contribution is 2.39. The molecule has 1 fully saturated rings. The minimum atomic E-state index is 0. The molecule has 4 nitrogen and oxygen atoms in total. The van der Waals surface area contributed by atoms with Crippen LogP contribution in [-0.4, -0.2) is 30.8 Å². The number of likely N-dealkylation sites (tertiary alicyclic amines) is 1. The van der Waals surface area contributed by atoms with Gasteiger partial charge in [0.15, 0.2) is 11.5 Å². The van der Waals surface area contributed by atoms with Gasteiger partial charge >= 0.3 is 0 Å². The van der Waals surface area contributed by atoms with Crippen LogP contribution < -0.4 is 14.8 Å². The summed E-state index contributed by atoms with van der Waals surface area (Å²) in [6, 6.07) is 15.4. The van der Waals surface area contributed by atoms with Crippen LogP contribution in [-0.2, 0) is 13.1 Å². The van der Waals surface area contributed by atoms with Gasteiger partial charge in [-0.2, -0.15) is 0 Å². The highest BCUT2D eigenvalue weighted by molar-refractivity contribution is 9.10. The number of halogens is 2. The van der Waals surface area contributed by atoms with E-state index >= 15 is 0 Å². The largest absolute Gasteiger partial charge is 0.454 e. The van der Waals surface area contributed by atoms with Gasteiger partial charge in [-0.3, -0.25) is 4.90 Å². The fourth-order valence-electron chi connectivity index (χ4n) is 3.37. The van der Waals surface area contributed by atoms with Crippen molar-refractivity contribution in [2.75, 3.05) is 19.9 Å². The quantitative estimate of drug-likeness (QED) is 0.786. The van der Waals surface area contributed by atoms with E-state index in [9.17, 15) is 0 Å². The van der Waals surface area contributed by atoms with Crippen molar-refractivity contribution < 1.29 is 9.47 Å². The van der Waals surface area contributed by atoms with E-state index in [0.717, 1.165) is 42.2 Å². The minimum absolute atomic E-state index is 0. The van der Waals surface area contributed by atoms with Crippen LogP contribution in [0.5, 0.6) is 11.5 Å². The topological polar surface area (TPSA) is 33.7 Å². The number of benzene rings is 2. The molecular weight excluding hydrogens is 404 g/mol. The Morgan fingerprint density at radius 2 is 1.96 bits per heavy atom. The number of ether oxygens (including phenoxy) is 2. The Morgan fingerprint density at radius 3 is 2.80 bits per heavy atom. The van der Waals surface area contributed by atoms with Crippen LogP contribution in [0.2, 0.25) is 0 Å². The maximum Gasteiger partial charge on any atom is 0.231 e. The molecule has 2 aliphatic rings. The molecule has 134 valence electrons. The Bertz CT molecular complexity index is 714. The van der Waals surface area contributed by atoms with E-state index in [-0.39, 0.29) is 12.4 Å². The average molecular weight is 426 g/mol. The zero-order chi connectivity index (χ0) is 16.4. The third kappa shape index (κ3) is 4.47. The van der Waals surface area contributed by atoms with E-state index in [0.29, 0.717) is 12.8 Å². The normalized spacial score (nSPS) is 19.0. The summed E-state index contributed by atoms with van der Waals surface area (Å²) in [4.78, 5) is 2.52. The second-order valence-electron chi connectivity index (χ2n) is 6.40. The molecule has 0 bridgehead atoms. The summed E-state index contributed by atoms with van der Waals surface area (Å²) in [5.41, 5.74) is 2.60. The van der Waals surface area contributed by atoms with Gasteiger partial charge in [0.1, 0.15) is 0 Å². The van der Waals surface area contributed by atoms with Crippen LogP contribution in [0.15, 0.2) is 46.9 Å². The lowest BCUT2D eigenvalue weighted by atomic mass is 10.2. The van der Waals surface area contributed by atoms with Gasteiger partial charge in [0.2, 0.25) is 6.79 Å². The maximum atomic E-state index is 5.49. The predicted octanol–water partition coefficient (Wildman–Crippen LogP) is 3.96. The van der Waals surface area contributed by atoms with E-state index < -0.39 is 0 Å². The molecule has 4 rings (SSSR count). The first kappa shape index (κ1) is 18.5. The maximum absolute atomic E-state index is 5.49. The summed E-state index contributed by atoms with van der Waals surface area (Å²) < 4.78 is 11.9. The van der Waals surface area contributed by atoms with Crippen molar-refractivity contribution in [1.82, 2.24) is 10.2 Å². The third-order valence-corrected chi connectivity index (χ3v) is 5.19. The first-order valence-corrected chi connectivity index (χ1v) is 9.15. The monoisotopic (exact) mass is 424 g/mol. The van der Waals surface area contributed by atoms with Crippen LogP contribution in [0, 0.1) is 0 Å². The zero-order valence-electron chi connectivity index (χ0n) is 13.9. The van der Waals surface area contributed by atoms with Crippen molar-refractivity contribution in [2.24, 2.45) is 0 Å². The number of hydrogen-bond donors (Lipinski definition) is 1. The van der Waals surface area contributed by atoms with Gasteiger partial charge in [-0.15, -0.1) is 12.4 Å². The first-order chi connectivity index (χ1) is 11.8. The van der Waals surface area contributed by atoms with Crippen LogP contribution in [0.3, 0.4) is 0 Å². The molecular formula is C19H22BrClN2O2. The summed E-state index contributed by atoms with van der Waals surface area (Å²) in [6.45, 7) is 4.44. The molecule has 0 radical (unpaired) electrons. The van der Waals surface area contributed by atoms with Crippen LogP contribution >= 0.6 is 28.3 Å². The van der Waals surface area contributed by atoms with Gasteiger partial charge in [0.05, 0.1) is 4.47 Å². The second-order valence-corrected chi connectivity index (χ2v) is 7.25. The Hall–Kier alpha value is -1.27. The molecule has 6 heteroatoms. The van der Waals surface area contributed by atoms with Crippen molar-refractivity contribution in [2.45, 2.75) is 25.6 Å². The van der Waals surface area contributed by atoms with Gasteiger partial charge in [0.25, 0.3) is 0 Å². The highest BCUT2D eigenvalue weighted by Gasteiger charge is 2.23. The van der Waals surface area contributed by atoms with E-state index in [2.05, 4.69) is 68.6 Å². The molecule has 0 amide bonds. The zero-order valence-corrected chi connectivity index (χ0v) is 16.3. The molecule has 25 heavy (non-hydrogen) atoms. The van der Waals surface area contributed by atoms with Crippen molar-refractivity contribution >= 4 is 28.3 Å². The van der Waals surface area contributed by atoms with Crippen LogP contribution in [0.4, 0.5) is 0 Å². The van der Waals surface area contributed by atoms with Gasteiger partial charge in [-0.1, -0.05) is 30.3 Å². The number of rotatable bonds is 5. The molecule has 1 saturated heterocycles. The smallest absolute Gasteiger partial charge is 0.231 e. The number of fused-ring (bicyclic) bond motifs is 1. The second kappa shape index (κ2) is 8.41. The standard InChI is InChI=1S/C19H21BrN2O2.ClH/c20-17-8-15(9-18-19(17)24-13-23-18)10-21-16-6-7-22(12-16)11-14-4-2-1-3-5-14;/h1-5,8-9,16,21H,6-7,10-13H2;1H. The van der Waals surface area contributed by atoms with E-state index in [1.807, 2.05) is 0 Å². The van der Waals surface area contributed by atoms with Gasteiger partial charge in [-0.05, 0) is 45.6 Å². The summed E-state index contributed by atoms with van der Waals surface area (Å²) in [7, 11) is 0. The van der Waals surface area contributed by atoms with Crippen LogP contribution in [0.25, 0.3) is 0 Å². The van der Waals surface area contributed by atoms with Gasteiger partial charge in [-0.25, -0.2) is 0 Å². The summed E-state index contributed by atoms with van der Waals surface area (Å²) in [5.74, 6) is 1.65. The molecule has 2 aliphatic heterocycles. The molecule has 1 unspecified atom stereocenters. The van der Waals surface area contributed by atoms with Gasteiger partial charge in [0, 0.05) is 32.2 Å². The SMILES string of the molecule is Brc1cc(CNC2CCN(Cc3ccccc3)C2)cc2c1OCO2.Cl. The van der Waals surface area contributed by atoms with Crippen molar-refractivity contribution in [3.05, 3.63) is 58.1 Å². The summed E-state index contributed by atoms with van der Waals surface area (Å²) in [5, 5.41) is 3.67. The molecule has 0 aliphatic carbocycles. The Kier molecular flexibility index (Phi) is 6.23. The summed E-state index contributed by atoms with van der Waals surface area (Å²) >= 11 is 3.56. The third-order valence-electron chi connectivity index (χ3n) is 4.60. The fraction of sp³-hybridized carbons (Fsp3) is 0.368. The molecule has 1 N–H and O–H groups in total. The lowest BCUT2D eigenvalue weighted by Crippen LogP contribution is -2.31. The predicted molar refractivity (Wildman–Crippen MR) is 104 cm³/mol. The molecule has 0 spiro atoms. The Morgan fingerprint density at radius 1 is 1.12 bits per heavy atom. The molecule has 2 aromatic carbocycles.